The van der Waals surface area contributed by atoms with E-state index in [0.717, 1.165) is 0 Å². The van der Waals surface area contributed by atoms with Gasteiger partial charge in [0, 0.05) is 11.3 Å². The van der Waals surface area contributed by atoms with Crippen LogP contribution in [0.3, 0.4) is 0 Å². The van der Waals surface area contributed by atoms with Gasteiger partial charge in [-0.1, -0.05) is 0 Å². The van der Waals surface area contributed by atoms with Crippen molar-refractivity contribution in [2.45, 2.75) is 19.9 Å². The number of benzene rings is 1. The van der Waals surface area contributed by atoms with Crippen LogP contribution in [0.1, 0.15) is 25.5 Å². The van der Waals surface area contributed by atoms with Gasteiger partial charge in [0.2, 0.25) is 0 Å². The van der Waals surface area contributed by atoms with Crippen molar-refractivity contribution >= 4 is 17.7 Å². The number of carbonyl (C=O) groups is 2. The van der Waals surface area contributed by atoms with Crippen LogP contribution in [0.15, 0.2) is 34.3 Å². The number of aromatic hydroxyl groups is 1. The minimum absolute atomic E-state index is 0.0226. The Balaban J connectivity index is 2.64. The van der Waals surface area contributed by atoms with Gasteiger partial charge >= 0.3 is 11.9 Å². The molecule has 7 heteroatoms. The Kier molecular flexibility index (Phi) is 5.46. The van der Waals surface area contributed by atoms with Crippen LogP contribution in [0.25, 0.3) is 0 Å². The Morgan fingerprint density at radius 3 is 2.36 bits per heavy atom. The van der Waals surface area contributed by atoms with E-state index >= 15 is 0 Å². The van der Waals surface area contributed by atoms with E-state index < -0.39 is 23.9 Å². The van der Waals surface area contributed by atoms with E-state index in [-0.39, 0.29) is 11.3 Å². The molecule has 25 heavy (non-hydrogen) atoms. The predicted octanol–water partition coefficient (Wildman–Crippen LogP) is 2.20. The molecule has 2 rings (SSSR count). The summed E-state index contributed by atoms with van der Waals surface area (Å²) in [6.45, 7) is 3.32. The lowest BCUT2D eigenvalue weighted by molar-refractivity contribution is -0.144. The molecule has 0 amide bonds. The van der Waals surface area contributed by atoms with Gasteiger partial charge in [-0.05, 0) is 37.6 Å². The molecule has 2 unspecified atom stereocenters. The smallest absolute Gasteiger partial charge is 0.339 e. The van der Waals surface area contributed by atoms with Crippen LogP contribution in [-0.2, 0) is 19.1 Å². The fourth-order valence-corrected chi connectivity index (χ4v) is 3.01. The molecule has 134 valence electrons. The second-order valence-electron chi connectivity index (χ2n) is 5.63. The number of esters is 2. The molecule has 1 heterocycles. The molecule has 1 aliphatic heterocycles. The van der Waals surface area contributed by atoms with Crippen LogP contribution in [0.4, 0.5) is 0 Å². The van der Waals surface area contributed by atoms with Gasteiger partial charge in [-0.2, -0.15) is 0 Å². The maximum Gasteiger partial charge on any atom is 0.339 e. The second kappa shape index (κ2) is 7.38. The number of ether oxygens (including phenoxy) is 3. The number of methoxy groups -OCH3 is 3. The van der Waals surface area contributed by atoms with Gasteiger partial charge in [0.25, 0.3) is 0 Å². The Morgan fingerprint density at radius 2 is 1.80 bits per heavy atom. The van der Waals surface area contributed by atoms with Gasteiger partial charge in [0.1, 0.15) is 17.4 Å². The zero-order valence-corrected chi connectivity index (χ0v) is 14.8. The van der Waals surface area contributed by atoms with E-state index in [2.05, 4.69) is 4.99 Å². The lowest BCUT2D eigenvalue weighted by Gasteiger charge is -2.30. The average Bonchev–Trinajstić information content (AvgIpc) is 2.60. The first kappa shape index (κ1) is 18.5. The maximum absolute atomic E-state index is 12.4. The van der Waals surface area contributed by atoms with Crippen LogP contribution >= 0.6 is 0 Å². The highest BCUT2D eigenvalue weighted by atomic mass is 16.5. The molecular weight excluding hydrogens is 326 g/mol. The standard InChI is InChI=1S/C18H21NO6/c1-9-14(17(21)24-4)10(2)19-16(15(9)18(22)25-5)12-8-11(23-3)6-7-13(12)20/h6-8,15-16,20H,1-5H3. The van der Waals surface area contributed by atoms with Gasteiger partial charge in [-0.15, -0.1) is 0 Å². The summed E-state index contributed by atoms with van der Waals surface area (Å²) >= 11 is 0. The molecule has 7 nitrogen and oxygen atoms in total. The van der Waals surface area contributed by atoms with Crippen LogP contribution < -0.4 is 4.74 Å². The normalized spacial score (nSPS) is 20.0. The molecule has 1 aromatic rings. The number of phenols is 1. The Hall–Kier alpha value is -2.83. The summed E-state index contributed by atoms with van der Waals surface area (Å²) in [5, 5.41) is 10.3. The number of rotatable bonds is 4. The Morgan fingerprint density at radius 1 is 1.12 bits per heavy atom. The monoisotopic (exact) mass is 347 g/mol. The third-order valence-electron chi connectivity index (χ3n) is 4.27. The number of hydrogen-bond donors (Lipinski definition) is 1. The molecule has 0 fully saturated rings. The summed E-state index contributed by atoms with van der Waals surface area (Å²) in [6, 6.07) is 3.95. The first-order chi connectivity index (χ1) is 11.8. The number of phenolic OH excluding ortho intramolecular Hbond substituents is 1. The molecule has 0 radical (unpaired) electrons. The van der Waals surface area contributed by atoms with Crippen LogP contribution in [0.5, 0.6) is 11.5 Å². The maximum atomic E-state index is 12.4. The van der Waals surface area contributed by atoms with E-state index in [4.69, 9.17) is 14.2 Å². The van der Waals surface area contributed by atoms with Gasteiger partial charge < -0.3 is 19.3 Å². The van der Waals surface area contributed by atoms with E-state index in [1.54, 1.807) is 26.0 Å². The zero-order valence-electron chi connectivity index (χ0n) is 14.8. The van der Waals surface area contributed by atoms with E-state index in [9.17, 15) is 14.7 Å². The molecule has 2 atom stereocenters. The van der Waals surface area contributed by atoms with Gasteiger partial charge in [-0.25, -0.2) is 4.79 Å². The summed E-state index contributed by atoms with van der Waals surface area (Å²) in [5.41, 5.74) is 1.57. The van der Waals surface area contributed by atoms with Crippen molar-refractivity contribution < 1.29 is 28.9 Å². The number of dihydropyridines is 1. The lowest BCUT2D eigenvalue weighted by Crippen LogP contribution is -2.32. The molecule has 0 aromatic heterocycles. The highest BCUT2D eigenvalue weighted by Gasteiger charge is 2.40. The summed E-state index contributed by atoms with van der Waals surface area (Å²) in [6.07, 6.45) is 0. The fraction of sp³-hybridized carbons (Fsp3) is 0.389. The molecule has 0 saturated heterocycles. The van der Waals surface area contributed by atoms with E-state index in [1.165, 1.54) is 27.4 Å². The fourth-order valence-electron chi connectivity index (χ4n) is 3.01. The van der Waals surface area contributed by atoms with Crippen molar-refractivity contribution in [1.82, 2.24) is 0 Å². The lowest BCUT2D eigenvalue weighted by atomic mass is 9.81. The minimum Gasteiger partial charge on any atom is -0.508 e. The van der Waals surface area contributed by atoms with Crippen molar-refractivity contribution in [2.24, 2.45) is 10.9 Å². The molecule has 0 saturated carbocycles. The SMILES string of the molecule is COC(=O)C1=C(C)C(C(=O)OC)C(c2cc(OC)ccc2O)N=C1C. The summed E-state index contributed by atoms with van der Waals surface area (Å²) in [5.74, 6) is -1.49. The van der Waals surface area contributed by atoms with Crippen molar-refractivity contribution in [3.05, 3.63) is 34.9 Å². The number of aliphatic imine (C=N–C) groups is 1. The van der Waals surface area contributed by atoms with Crippen molar-refractivity contribution in [3.8, 4) is 11.5 Å². The van der Waals surface area contributed by atoms with Gasteiger partial charge in [0.15, 0.2) is 0 Å². The summed E-state index contributed by atoms with van der Waals surface area (Å²) < 4.78 is 14.9. The molecule has 0 aliphatic carbocycles. The Labute approximate surface area is 145 Å². The quantitative estimate of drug-likeness (QED) is 0.839. The topological polar surface area (TPSA) is 94.4 Å². The van der Waals surface area contributed by atoms with E-state index in [1.807, 2.05) is 0 Å². The third-order valence-corrected chi connectivity index (χ3v) is 4.27. The van der Waals surface area contributed by atoms with E-state index in [0.29, 0.717) is 22.6 Å². The van der Waals surface area contributed by atoms with Gasteiger partial charge in [-0.3, -0.25) is 9.79 Å². The number of hydrogen-bond acceptors (Lipinski definition) is 7. The van der Waals surface area contributed by atoms with Crippen molar-refractivity contribution in [1.29, 1.82) is 0 Å². The zero-order chi connectivity index (χ0) is 18.7. The highest BCUT2D eigenvalue weighted by molar-refractivity contribution is 6.20. The second-order valence-corrected chi connectivity index (χ2v) is 5.63. The largest absolute Gasteiger partial charge is 0.508 e. The predicted molar refractivity (Wildman–Crippen MR) is 90.7 cm³/mol. The van der Waals surface area contributed by atoms with Gasteiger partial charge in [0.05, 0.1) is 32.9 Å². The molecule has 1 aliphatic rings. The minimum atomic E-state index is -0.860. The first-order valence-corrected chi connectivity index (χ1v) is 7.64. The van der Waals surface area contributed by atoms with Crippen molar-refractivity contribution in [2.75, 3.05) is 21.3 Å². The summed E-state index contributed by atoms with van der Waals surface area (Å²) in [7, 11) is 4.04. The van der Waals surface area contributed by atoms with Crippen LogP contribution in [-0.4, -0.2) is 44.1 Å². The highest BCUT2D eigenvalue weighted by Crippen LogP contribution is 2.42. The van der Waals surface area contributed by atoms with Crippen LogP contribution in [0.2, 0.25) is 0 Å². The Bertz CT molecular complexity index is 765. The summed E-state index contributed by atoms with van der Waals surface area (Å²) in [4.78, 5) is 29.0. The number of carbonyl (C=O) groups excluding carboxylic acids is 2. The first-order valence-electron chi connectivity index (χ1n) is 7.64. The number of nitrogens with zero attached hydrogens (tertiary/aromatic N) is 1. The molecule has 1 N–H and O–H groups in total. The molecule has 0 bridgehead atoms. The molecular formula is C18H21NO6. The molecule has 0 spiro atoms. The molecule has 1 aromatic carbocycles. The average molecular weight is 347 g/mol. The third kappa shape index (κ3) is 3.35. The van der Waals surface area contributed by atoms with Crippen LogP contribution in [0, 0.1) is 5.92 Å². The van der Waals surface area contributed by atoms with Crippen molar-refractivity contribution in [3.63, 3.8) is 0 Å².